The van der Waals surface area contributed by atoms with E-state index in [0.717, 1.165) is 6.42 Å². The van der Waals surface area contributed by atoms with Gasteiger partial charge in [-0.3, -0.25) is 9.59 Å². The Morgan fingerprint density at radius 2 is 1.72 bits per heavy atom. The van der Waals surface area contributed by atoms with E-state index >= 15 is 0 Å². The van der Waals surface area contributed by atoms with Crippen molar-refractivity contribution in [2.24, 2.45) is 16.7 Å². The van der Waals surface area contributed by atoms with Gasteiger partial charge in [0.1, 0.15) is 11.6 Å². The predicted octanol–water partition coefficient (Wildman–Crippen LogP) is 2.85. The van der Waals surface area contributed by atoms with Crippen LogP contribution in [-0.4, -0.2) is 46.0 Å². The van der Waals surface area contributed by atoms with E-state index in [1.807, 2.05) is 41.5 Å². The molecule has 6 heteroatoms. The third kappa shape index (κ3) is 3.40. The number of carbonyl (C=O) groups excluding carboxylic acids is 2. The molecular weight excluding hydrogens is 322 g/mol. The topological polar surface area (TPSA) is 83.9 Å². The first-order valence-electron chi connectivity index (χ1n) is 9.08. The maximum absolute atomic E-state index is 13.4. The minimum Gasteiger partial charge on any atom is -0.481 e. The van der Waals surface area contributed by atoms with Gasteiger partial charge in [-0.15, -0.1) is 0 Å². The third-order valence-electron chi connectivity index (χ3n) is 6.19. The van der Waals surface area contributed by atoms with Crippen molar-refractivity contribution >= 4 is 17.8 Å². The molecule has 1 aliphatic heterocycles. The molecule has 2 rings (SSSR count). The Kier molecular flexibility index (Phi) is 4.96. The van der Waals surface area contributed by atoms with E-state index in [1.54, 1.807) is 4.90 Å². The lowest BCUT2D eigenvalue weighted by molar-refractivity contribution is -0.167. The number of hydrogen-bond acceptors (Lipinski definition) is 4. The van der Waals surface area contributed by atoms with Gasteiger partial charge in [-0.05, 0) is 51.9 Å². The van der Waals surface area contributed by atoms with Gasteiger partial charge in [0.25, 0.3) is 0 Å². The molecule has 0 radical (unpaired) electrons. The Morgan fingerprint density at radius 3 is 2.20 bits per heavy atom. The molecule has 0 aromatic rings. The summed E-state index contributed by atoms with van der Waals surface area (Å²) >= 11 is 0. The van der Waals surface area contributed by atoms with E-state index in [1.165, 1.54) is 0 Å². The van der Waals surface area contributed by atoms with Gasteiger partial charge in [-0.1, -0.05) is 20.8 Å². The van der Waals surface area contributed by atoms with Crippen molar-refractivity contribution in [2.75, 3.05) is 6.54 Å². The van der Waals surface area contributed by atoms with Gasteiger partial charge in [0.2, 0.25) is 5.91 Å². The first kappa shape index (κ1) is 19.7. The van der Waals surface area contributed by atoms with Gasteiger partial charge in [-0.25, -0.2) is 4.79 Å². The fourth-order valence-electron chi connectivity index (χ4n) is 4.26. The zero-order valence-electron chi connectivity index (χ0n) is 16.2. The largest absolute Gasteiger partial charge is 0.481 e. The van der Waals surface area contributed by atoms with Crippen LogP contribution in [0.4, 0.5) is 0 Å². The monoisotopic (exact) mass is 353 g/mol. The van der Waals surface area contributed by atoms with Gasteiger partial charge >= 0.3 is 11.9 Å². The third-order valence-corrected chi connectivity index (χ3v) is 6.19. The number of nitrogens with zero attached hydrogens (tertiary/aromatic N) is 1. The van der Waals surface area contributed by atoms with Crippen molar-refractivity contribution in [1.82, 2.24) is 4.90 Å². The number of likely N-dealkylation sites (tertiary alicyclic amines) is 1. The minimum atomic E-state index is -0.855. The lowest BCUT2D eigenvalue weighted by Gasteiger charge is -2.42. The molecule has 6 nitrogen and oxygen atoms in total. The van der Waals surface area contributed by atoms with E-state index in [2.05, 4.69) is 0 Å². The summed E-state index contributed by atoms with van der Waals surface area (Å²) in [4.78, 5) is 39.1. The summed E-state index contributed by atoms with van der Waals surface area (Å²) in [6, 6.07) is -0.566. The molecule has 142 valence electrons. The van der Waals surface area contributed by atoms with Crippen molar-refractivity contribution in [3.63, 3.8) is 0 Å². The zero-order chi connectivity index (χ0) is 19.2. The predicted molar refractivity (Wildman–Crippen MR) is 92.8 cm³/mol. The molecule has 1 aliphatic carbocycles. The zero-order valence-corrected chi connectivity index (χ0v) is 16.2. The van der Waals surface area contributed by atoms with Crippen LogP contribution < -0.4 is 0 Å². The van der Waals surface area contributed by atoms with E-state index in [0.29, 0.717) is 25.8 Å². The molecule has 0 aromatic carbocycles. The van der Waals surface area contributed by atoms with Crippen molar-refractivity contribution in [2.45, 2.75) is 78.9 Å². The van der Waals surface area contributed by atoms with Crippen LogP contribution in [0.15, 0.2) is 0 Å². The minimum absolute atomic E-state index is 0.116. The van der Waals surface area contributed by atoms with Gasteiger partial charge in [0.15, 0.2) is 0 Å². The fourth-order valence-corrected chi connectivity index (χ4v) is 4.26. The molecule has 2 aliphatic rings. The Balaban J connectivity index is 2.24. The van der Waals surface area contributed by atoms with E-state index in [9.17, 15) is 19.5 Å². The second-order valence-corrected chi connectivity index (χ2v) is 9.17. The number of rotatable bonds is 3. The number of aliphatic carboxylic acids is 1. The number of carboxylic acid groups (broad SMARTS) is 1. The molecule has 0 aromatic heterocycles. The molecular formula is C19H31NO5. The summed E-state index contributed by atoms with van der Waals surface area (Å²) in [6.07, 6.45) is 2.36. The summed E-state index contributed by atoms with van der Waals surface area (Å²) in [5, 5.41) is 9.50. The van der Waals surface area contributed by atoms with Crippen LogP contribution in [0.2, 0.25) is 0 Å². The number of amides is 1. The Hall–Kier alpha value is -1.59. The fraction of sp³-hybridized carbons (Fsp3) is 0.842. The summed E-state index contributed by atoms with van der Waals surface area (Å²) in [5.74, 6) is -1.89. The summed E-state index contributed by atoms with van der Waals surface area (Å²) in [6.45, 7) is 11.5. The molecule has 1 amide bonds. The smallest absolute Gasteiger partial charge is 0.329 e. The van der Waals surface area contributed by atoms with Crippen molar-refractivity contribution in [1.29, 1.82) is 0 Å². The molecule has 2 fully saturated rings. The van der Waals surface area contributed by atoms with Crippen LogP contribution in [0.5, 0.6) is 0 Å². The maximum Gasteiger partial charge on any atom is 0.329 e. The summed E-state index contributed by atoms with van der Waals surface area (Å²) in [5.41, 5.74) is -2.06. The second kappa shape index (κ2) is 6.29. The van der Waals surface area contributed by atoms with E-state index in [-0.39, 0.29) is 11.9 Å². The van der Waals surface area contributed by atoms with Crippen LogP contribution in [0, 0.1) is 16.7 Å². The number of ether oxygens (including phenoxy) is 1. The molecule has 3 unspecified atom stereocenters. The van der Waals surface area contributed by atoms with Crippen molar-refractivity contribution in [3.05, 3.63) is 0 Å². The highest BCUT2D eigenvalue weighted by Crippen LogP contribution is 2.57. The van der Waals surface area contributed by atoms with Gasteiger partial charge in [0, 0.05) is 6.54 Å². The molecule has 1 saturated carbocycles. The van der Waals surface area contributed by atoms with Crippen LogP contribution in [0.1, 0.15) is 67.2 Å². The van der Waals surface area contributed by atoms with E-state index < -0.39 is 34.4 Å². The highest BCUT2D eigenvalue weighted by Gasteiger charge is 2.60. The van der Waals surface area contributed by atoms with Crippen molar-refractivity contribution < 1.29 is 24.2 Å². The lowest BCUT2D eigenvalue weighted by Crippen LogP contribution is -2.53. The normalized spacial score (nSPS) is 31.8. The number of carboxylic acids is 1. The summed E-state index contributed by atoms with van der Waals surface area (Å²) in [7, 11) is 0. The average Bonchev–Trinajstić information content (AvgIpc) is 3.00. The molecule has 3 atom stereocenters. The Labute approximate surface area is 149 Å². The first-order valence-corrected chi connectivity index (χ1v) is 9.08. The van der Waals surface area contributed by atoms with Gasteiger partial charge in [0.05, 0.1) is 11.3 Å². The maximum atomic E-state index is 13.4. The summed E-state index contributed by atoms with van der Waals surface area (Å²) < 4.78 is 5.48. The molecule has 0 spiro atoms. The SMILES string of the molecule is CC(C)(C)OC(=O)C1CCCN1C(=O)C1(C)CCC(C(=O)O)C1(C)C. The number of hydrogen-bond donors (Lipinski definition) is 1. The molecule has 1 saturated heterocycles. The highest BCUT2D eigenvalue weighted by atomic mass is 16.6. The van der Waals surface area contributed by atoms with Gasteiger partial charge < -0.3 is 14.7 Å². The Bertz CT molecular complexity index is 577. The molecule has 25 heavy (non-hydrogen) atoms. The van der Waals surface area contributed by atoms with Crippen LogP contribution in [0.3, 0.4) is 0 Å². The number of carbonyl (C=O) groups is 3. The quantitative estimate of drug-likeness (QED) is 0.789. The van der Waals surface area contributed by atoms with Crippen LogP contribution in [-0.2, 0) is 19.1 Å². The highest BCUT2D eigenvalue weighted by molar-refractivity contribution is 5.90. The van der Waals surface area contributed by atoms with Crippen LogP contribution >= 0.6 is 0 Å². The second-order valence-electron chi connectivity index (χ2n) is 9.17. The molecule has 1 heterocycles. The molecule has 0 bridgehead atoms. The Morgan fingerprint density at radius 1 is 1.12 bits per heavy atom. The standard InChI is InChI=1S/C19H31NO5/c1-17(2,3)25-15(23)13-8-7-11-20(13)16(24)19(6)10-9-12(14(21)22)18(19,4)5/h12-13H,7-11H2,1-6H3,(H,21,22). The number of esters is 1. The lowest BCUT2D eigenvalue weighted by atomic mass is 9.65. The van der Waals surface area contributed by atoms with Crippen molar-refractivity contribution in [3.8, 4) is 0 Å². The van der Waals surface area contributed by atoms with Crippen LogP contribution in [0.25, 0.3) is 0 Å². The van der Waals surface area contributed by atoms with E-state index in [4.69, 9.17) is 4.74 Å². The first-order chi connectivity index (χ1) is 11.3. The van der Waals surface area contributed by atoms with Gasteiger partial charge in [-0.2, -0.15) is 0 Å². The average molecular weight is 353 g/mol. The molecule has 1 N–H and O–H groups in total.